The molecule has 5 nitrogen and oxygen atoms in total. The Balaban J connectivity index is 1.61. The van der Waals surface area contributed by atoms with E-state index in [1.807, 2.05) is 11.9 Å². The lowest BCUT2D eigenvalue weighted by Gasteiger charge is -2.32. The highest BCUT2D eigenvalue weighted by molar-refractivity contribution is 6.32. The number of likely N-dealkylation sites (tertiary alicyclic amines) is 1. The molecule has 0 aliphatic carbocycles. The maximum Gasteiger partial charge on any atom is 0.253 e. The molecule has 0 radical (unpaired) electrons. The van der Waals surface area contributed by atoms with Crippen LogP contribution in [0.25, 0.3) is 0 Å². The second-order valence-corrected chi connectivity index (χ2v) is 6.97. The summed E-state index contributed by atoms with van der Waals surface area (Å²) in [5.41, 5.74) is 0.603. The molecule has 0 unspecified atom stereocenters. The predicted molar refractivity (Wildman–Crippen MR) is 103 cm³/mol. The number of carbonyl (C=O) groups excluding carboxylic acids is 1. The molecule has 1 fully saturated rings. The van der Waals surface area contributed by atoms with Crippen LogP contribution in [0.3, 0.4) is 0 Å². The third kappa shape index (κ3) is 4.74. The largest absolute Gasteiger partial charge is 0.456 e. The van der Waals surface area contributed by atoms with Crippen molar-refractivity contribution in [3.8, 4) is 11.5 Å². The van der Waals surface area contributed by atoms with Gasteiger partial charge in [-0.15, -0.1) is 0 Å². The van der Waals surface area contributed by atoms with Gasteiger partial charge in [0, 0.05) is 31.0 Å². The SMILES string of the molecule is CNCCC1CCN(C(=O)c2ccc(Oc3ccncc3)c(Cl)c2)CC1. The molecular weight excluding hydrogens is 350 g/mol. The summed E-state index contributed by atoms with van der Waals surface area (Å²) in [7, 11) is 1.98. The molecule has 1 saturated heterocycles. The van der Waals surface area contributed by atoms with Crippen molar-refractivity contribution < 1.29 is 9.53 Å². The fourth-order valence-electron chi connectivity index (χ4n) is 3.21. The molecule has 2 aromatic rings. The number of rotatable bonds is 6. The van der Waals surface area contributed by atoms with E-state index in [0.717, 1.165) is 32.5 Å². The fourth-order valence-corrected chi connectivity index (χ4v) is 3.42. The van der Waals surface area contributed by atoms with Crippen molar-refractivity contribution >= 4 is 17.5 Å². The van der Waals surface area contributed by atoms with E-state index in [1.165, 1.54) is 6.42 Å². The van der Waals surface area contributed by atoms with Crippen LogP contribution in [-0.4, -0.2) is 42.5 Å². The number of amides is 1. The van der Waals surface area contributed by atoms with E-state index >= 15 is 0 Å². The molecule has 2 heterocycles. The number of halogens is 1. The van der Waals surface area contributed by atoms with Gasteiger partial charge in [-0.2, -0.15) is 0 Å². The van der Waals surface area contributed by atoms with Gasteiger partial charge in [-0.05, 0) is 69.1 Å². The minimum absolute atomic E-state index is 0.0365. The van der Waals surface area contributed by atoms with E-state index < -0.39 is 0 Å². The molecule has 1 amide bonds. The Kier molecular flexibility index (Phi) is 6.47. The molecule has 1 aliphatic rings. The zero-order chi connectivity index (χ0) is 18.4. The molecule has 0 saturated carbocycles. The second-order valence-electron chi connectivity index (χ2n) is 6.56. The van der Waals surface area contributed by atoms with Gasteiger partial charge >= 0.3 is 0 Å². The number of nitrogens with zero attached hydrogens (tertiary/aromatic N) is 2. The third-order valence-corrected chi connectivity index (χ3v) is 5.06. The number of ether oxygens (including phenoxy) is 1. The van der Waals surface area contributed by atoms with Crippen LogP contribution >= 0.6 is 11.6 Å². The summed E-state index contributed by atoms with van der Waals surface area (Å²) in [5, 5.41) is 3.62. The Bertz CT molecular complexity index is 731. The van der Waals surface area contributed by atoms with E-state index in [4.69, 9.17) is 16.3 Å². The fraction of sp³-hybridized carbons (Fsp3) is 0.400. The van der Waals surface area contributed by atoms with Gasteiger partial charge in [0.2, 0.25) is 0 Å². The summed E-state index contributed by atoms with van der Waals surface area (Å²) < 4.78 is 5.74. The lowest BCUT2D eigenvalue weighted by Crippen LogP contribution is -2.38. The first-order valence-corrected chi connectivity index (χ1v) is 9.36. The van der Waals surface area contributed by atoms with E-state index in [2.05, 4.69) is 10.3 Å². The van der Waals surface area contributed by atoms with Gasteiger partial charge < -0.3 is 15.0 Å². The summed E-state index contributed by atoms with van der Waals surface area (Å²) >= 11 is 6.32. The first-order chi connectivity index (χ1) is 12.7. The van der Waals surface area contributed by atoms with Crippen molar-refractivity contribution in [2.75, 3.05) is 26.7 Å². The molecule has 6 heteroatoms. The Morgan fingerprint density at radius 1 is 1.27 bits per heavy atom. The normalized spacial score (nSPS) is 15.1. The minimum atomic E-state index is 0.0365. The minimum Gasteiger partial charge on any atom is -0.456 e. The van der Waals surface area contributed by atoms with Gasteiger partial charge in [0.05, 0.1) is 5.02 Å². The second kappa shape index (κ2) is 9.01. The number of carbonyl (C=O) groups is 1. The monoisotopic (exact) mass is 373 g/mol. The van der Waals surface area contributed by atoms with Gasteiger partial charge in [0.1, 0.15) is 11.5 Å². The van der Waals surface area contributed by atoms with Crippen molar-refractivity contribution in [3.05, 3.63) is 53.3 Å². The summed E-state index contributed by atoms with van der Waals surface area (Å²) in [6.45, 7) is 2.65. The molecule has 1 aromatic carbocycles. The van der Waals surface area contributed by atoms with Crippen molar-refractivity contribution in [1.29, 1.82) is 0 Å². The lowest BCUT2D eigenvalue weighted by molar-refractivity contribution is 0.0687. The van der Waals surface area contributed by atoms with Crippen LogP contribution in [0.15, 0.2) is 42.7 Å². The summed E-state index contributed by atoms with van der Waals surface area (Å²) in [5.74, 6) is 1.92. The van der Waals surface area contributed by atoms with Crippen molar-refractivity contribution in [3.63, 3.8) is 0 Å². The quantitative estimate of drug-likeness (QED) is 0.831. The maximum atomic E-state index is 12.7. The molecule has 0 atom stereocenters. The summed E-state index contributed by atoms with van der Waals surface area (Å²) in [6.07, 6.45) is 6.60. The Labute approximate surface area is 159 Å². The van der Waals surface area contributed by atoms with Gasteiger partial charge in [-0.25, -0.2) is 0 Å². The number of benzene rings is 1. The Morgan fingerprint density at radius 2 is 2.00 bits per heavy atom. The van der Waals surface area contributed by atoms with Gasteiger partial charge in [-0.1, -0.05) is 11.6 Å². The zero-order valence-corrected chi connectivity index (χ0v) is 15.7. The number of aromatic nitrogens is 1. The van der Waals surface area contributed by atoms with E-state index in [1.54, 1.807) is 42.7 Å². The average molecular weight is 374 g/mol. The van der Waals surface area contributed by atoms with Crippen molar-refractivity contribution in [1.82, 2.24) is 15.2 Å². The molecule has 0 bridgehead atoms. The zero-order valence-electron chi connectivity index (χ0n) is 15.0. The van der Waals surface area contributed by atoms with E-state index in [-0.39, 0.29) is 5.91 Å². The number of hydrogen-bond acceptors (Lipinski definition) is 4. The maximum absolute atomic E-state index is 12.7. The smallest absolute Gasteiger partial charge is 0.253 e. The van der Waals surface area contributed by atoms with Crippen LogP contribution in [0.4, 0.5) is 0 Å². The number of nitrogens with one attached hydrogen (secondary N) is 1. The first kappa shape index (κ1) is 18.7. The Morgan fingerprint density at radius 3 is 2.65 bits per heavy atom. The van der Waals surface area contributed by atoms with Gasteiger partial charge in [-0.3, -0.25) is 9.78 Å². The van der Waals surface area contributed by atoms with Crippen LogP contribution in [-0.2, 0) is 0 Å². The summed E-state index contributed by atoms with van der Waals surface area (Å²) in [4.78, 5) is 18.6. The molecule has 26 heavy (non-hydrogen) atoms. The van der Waals surface area contributed by atoms with Crippen LogP contribution in [0.2, 0.25) is 5.02 Å². The number of pyridine rings is 1. The predicted octanol–water partition coefficient (Wildman–Crippen LogP) is 3.99. The topological polar surface area (TPSA) is 54.5 Å². The molecule has 3 rings (SSSR count). The van der Waals surface area contributed by atoms with Crippen molar-refractivity contribution in [2.45, 2.75) is 19.3 Å². The lowest BCUT2D eigenvalue weighted by atomic mass is 9.93. The molecular formula is C20H24ClN3O2. The third-order valence-electron chi connectivity index (χ3n) is 4.76. The van der Waals surface area contributed by atoms with Crippen molar-refractivity contribution in [2.24, 2.45) is 5.92 Å². The molecule has 138 valence electrons. The summed E-state index contributed by atoms with van der Waals surface area (Å²) in [6, 6.07) is 8.72. The van der Waals surface area contributed by atoms with Crippen LogP contribution in [0.1, 0.15) is 29.6 Å². The number of piperidine rings is 1. The van der Waals surface area contributed by atoms with E-state index in [9.17, 15) is 4.79 Å². The standard InChI is InChI=1S/C20H24ClN3O2/c1-22-9-4-15-7-12-24(13-8-15)20(25)16-2-3-19(18(21)14-16)26-17-5-10-23-11-6-17/h2-3,5-6,10-11,14-15,22H,4,7-9,12-13H2,1H3. The highest BCUT2D eigenvalue weighted by Gasteiger charge is 2.23. The number of hydrogen-bond donors (Lipinski definition) is 1. The highest BCUT2D eigenvalue weighted by Crippen LogP contribution is 2.30. The molecule has 1 aromatic heterocycles. The molecule has 0 spiro atoms. The van der Waals surface area contributed by atoms with Gasteiger partial charge in [0.15, 0.2) is 0 Å². The molecule has 1 N–H and O–H groups in total. The van der Waals surface area contributed by atoms with Crippen LogP contribution < -0.4 is 10.1 Å². The van der Waals surface area contributed by atoms with Gasteiger partial charge in [0.25, 0.3) is 5.91 Å². The van der Waals surface area contributed by atoms with Crippen LogP contribution in [0, 0.1) is 5.92 Å². The Hall–Kier alpha value is -2.11. The van der Waals surface area contributed by atoms with E-state index in [0.29, 0.717) is 28.0 Å². The average Bonchev–Trinajstić information content (AvgIpc) is 2.68. The molecule has 1 aliphatic heterocycles. The van der Waals surface area contributed by atoms with Crippen LogP contribution in [0.5, 0.6) is 11.5 Å². The highest BCUT2D eigenvalue weighted by atomic mass is 35.5. The first-order valence-electron chi connectivity index (χ1n) is 8.98.